The zero-order chi connectivity index (χ0) is 12.3. The first-order valence-corrected chi connectivity index (χ1v) is 5.93. The third kappa shape index (κ3) is 3.05. The first-order chi connectivity index (χ1) is 8.15. The molecule has 0 saturated carbocycles. The Balaban J connectivity index is 1.98. The van der Waals surface area contributed by atoms with E-state index in [1.165, 1.54) is 0 Å². The highest BCUT2D eigenvalue weighted by molar-refractivity contribution is 7.07. The van der Waals surface area contributed by atoms with Crippen LogP contribution >= 0.6 is 11.3 Å². The molecule has 2 heterocycles. The lowest BCUT2D eigenvalue weighted by Crippen LogP contribution is -2.13. The van der Waals surface area contributed by atoms with Crippen molar-refractivity contribution in [2.45, 2.75) is 6.10 Å². The maximum absolute atomic E-state index is 9.85. The summed E-state index contributed by atoms with van der Waals surface area (Å²) in [5.41, 5.74) is 11.9. The van der Waals surface area contributed by atoms with Crippen LogP contribution in [-0.4, -0.2) is 21.6 Å². The van der Waals surface area contributed by atoms with Gasteiger partial charge in [0.1, 0.15) is 11.6 Å². The van der Waals surface area contributed by atoms with Crippen LogP contribution in [0.2, 0.25) is 0 Å². The van der Waals surface area contributed by atoms with E-state index in [0.29, 0.717) is 18.2 Å². The van der Waals surface area contributed by atoms with Crippen molar-refractivity contribution in [3.05, 3.63) is 28.5 Å². The molecule has 0 bridgehead atoms. The number of nitrogens with two attached hydrogens (primary N) is 2. The predicted octanol–water partition coefficient (Wildman–Crippen LogP) is 0.848. The molecule has 2 aromatic rings. The Kier molecular flexibility index (Phi) is 3.40. The highest BCUT2D eigenvalue weighted by Crippen LogP contribution is 2.17. The van der Waals surface area contributed by atoms with Gasteiger partial charge in [0.05, 0.1) is 6.10 Å². The van der Waals surface area contributed by atoms with Gasteiger partial charge in [-0.05, 0) is 22.4 Å². The number of aliphatic hydroxyl groups excluding tert-OH is 1. The maximum Gasteiger partial charge on any atom is 0.223 e. The fourth-order valence-corrected chi connectivity index (χ4v) is 2.07. The Morgan fingerprint density at radius 2 is 2.24 bits per heavy atom. The molecule has 2 rings (SSSR count). The van der Waals surface area contributed by atoms with E-state index in [0.717, 1.165) is 5.56 Å². The van der Waals surface area contributed by atoms with Gasteiger partial charge in [0.25, 0.3) is 0 Å². The number of aromatic nitrogens is 2. The van der Waals surface area contributed by atoms with E-state index in [2.05, 4.69) is 15.3 Å². The van der Waals surface area contributed by atoms with Crippen molar-refractivity contribution in [3.63, 3.8) is 0 Å². The Morgan fingerprint density at radius 3 is 2.88 bits per heavy atom. The SMILES string of the molecule is Nc1cc(NCC(O)c2ccsc2)nc(N)n1. The molecular formula is C10H13N5OS. The summed E-state index contributed by atoms with van der Waals surface area (Å²) in [6, 6.07) is 3.44. The van der Waals surface area contributed by atoms with E-state index in [4.69, 9.17) is 11.5 Å². The molecule has 0 aliphatic carbocycles. The number of anilines is 3. The van der Waals surface area contributed by atoms with Crippen LogP contribution in [0.25, 0.3) is 0 Å². The molecule has 90 valence electrons. The van der Waals surface area contributed by atoms with Crippen LogP contribution < -0.4 is 16.8 Å². The van der Waals surface area contributed by atoms with Crippen LogP contribution in [0.1, 0.15) is 11.7 Å². The summed E-state index contributed by atoms with van der Waals surface area (Å²) in [7, 11) is 0. The number of nitrogens with one attached hydrogen (secondary N) is 1. The number of hydrogen-bond donors (Lipinski definition) is 4. The van der Waals surface area contributed by atoms with Crippen LogP contribution in [0.4, 0.5) is 17.6 Å². The Hall–Kier alpha value is -1.86. The van der Waals surface area contributed by atoms with Gasteiger partial charge >= 0.3 is 0 Å². The fourth-order valence-electron chi connectivity index (χ4n) is 1.36. The highest BCUT2D eigenvalue weighted by Gasteiger charge is 2.08. The standard InChI is InChI=1S/C10H13N5OS/c11-8-3-9(15-10(12)14-8)13-4-7(16)6-1-2-17-5-6/h1-3,5,7,16H,4H2,(H5,11,12,13,14,15). The van der Waals surface area contributed by atoms with E-state index in [1.54, 1.807) is 17.4 Å². The zero-order valence-electron chi connectivity index (χ0n) is 9.00. The summed E-state index contributed by atoms with van der Waals surface area (Å²) in [6.45, 7) is 0.340. The monoisotopic (exact) mass is 251 g/mol. The van der Waals surface area contributed by atoms with Crippen LogP contribution in [0, 0.1) is 0 Å². The molecule has 7 heteroatoms. The molecule has 17 heavy (non-hydrogen) atoms. The number of hydrogen-bond acceptors (Lipinski definition) is 7. The van der Waals surface area contributed by atoms with Gasteiger partial charge in [-0.1, -0.05) is 0 Å². The van der Waals surface area contributed by atoms with Gasteiger partial charge in [-0.25, -0.2) is 0 Å². The van der Waals surface area contributed by atoms with Crippen molar-refractivity contribution < 1.29 is 5.11 Å². The van der Waals surface area contributed by atoms with Gasteiger partial charge in [-0.2, -0.15) is 21.3 Å². The normalized spacial score (nSPS) is 12.3. The summed E-state index contributed by atoms with van der Waals surface area (Å²) >= 11 is 1.54. The molecule has 2 aromatic heterocycles. The highest BCUT2D eigenvalue weighted by atomic mass is 32.1. The van der Waals surface area contributed by atoms with Crippen molar-refractivity contribution in [1.82, 2.24) is 9.97 Å². The van der Waals surface area contributed by atoms with Crippen LogP contribution in [0.3, 0.4) is 0 Å². The lowest BCUT2D eigenvalue weighted by Gasteiger charge is -2.11. The van der Waals surface area contributed by atoms with Crippen molar-refractivity contribution in [2.75, 3.05) is 23.3 Å². The second-order valence-corrected chi connectivity index (χ2v) is 4.27. The molecule has 6 N–H and O–H groups in total. The molecule has 0 spiro atoms. The van der Waals surface area contributed by atoms with Crippen LogP contribution in [0.15, 0.2) is 22.9 Å². The molecule has 0 radical (unpaired) electrons. The minimum Gasteiger partial charge on any atom is -0.387 e. The van der Waals surface area contributed by atoms with Crippen molar-refractivity contribution >= 4 is 28.9 Å². The number of aliphatic hydroxyl groups is 1. The maximum atomic E-state index is 9.85. The van der Waals surface area contributed by atoms with E-state index in [9.17, 15) is 5.11 Å². The molecule has 0 aliphatic heterocycles. The molecule has 1 atom stereocenters. The second kappa shape index (κ2) is 4.98. The average molecular weight is 251 g/mol. The lowest BCUT2D eigenvalue weighted by molar-refractivity contribution is 0.192. The van der Waals surface area contributed by atoms with Crippen LogP contribution in [0.5, 0.6) is 0 Å². The molecule has 0 aliphatic rings. The van der Waals surface area contributed by atoms with E-state index in [-0.39, 0.29) is 5.95 Å². The summed E-state index contributed by atoms with van der Waals surface area (Å²) in [6.07, 6.45) is -0.585. The average Bonchev–Trinajstić information content (AvgIpc) is 2.78. The van der Waals surface area contributed by atoms with Gasteiger partial charge in [-0.15, -0.1) is 0 Å². The number of nitrogen functional groups attached to an aromatic ring is 2. The minimum atomic E-state index is -0.585. The third-order valence-electron chi connectivity index (χ3n) is 2.17. The largest absolute Gasteiger partial charge is 0.387 e. The fraction of sp³-hybridized carbons (Fsp3) is 0.200. The smallest absolute Gasteiger partial charge is 0.223 e. The zero-order valence-corrected chi connectivity index (χ0v) is 9.81. The Labute approximate surface area is 102 Å². The summed E-state index contributed by atoms with van der Waals surface area (Å²) < 4.78 is 0. The number of thiophene rings is 1. The summed E-state index contributed by atoms with van der Waals surface area (Å²) in [5, 5.41) is 16.6. The van der Waals surface area contributed by atoms with Crippen molar-refractivity contribution in [2.24, 2.45) is 0 Å². The molecule has 1 unspecified atom stereocenters. The molecule has 0 fully saturated rings. The van der Waals surface area contributed by atoms with Crippen LogP contribution in [-0.2, 0) is 0 Å². The Morgan fingerprint density at radius 1 is 1.41 bits per heavy atom. The van der Waals surface area contributed by atoms with Gasteiger partial charge in [0.2, 0.25) is 5.95 Å². The number of rotatable bonds is 4. The van der Waals surface area contributed by atoms with Gasteiger partial charge in [0, 0.05) is 12.6 Å². The molecular weight excluding hydrogens is 238 g/mol. The van der Waals surface area contributed by atoms with E-state index < -0.39 is 6.10 Å². The predicted molar refractivity (Wildman–Crippen MR) is 68.6 cm³/mol. The Bertz CT molecular complexity index is 467. The third-order valence-corrected chi connectivity index (χ3v) is 2.87. The number of nitrogens with zero attached hydrogens (tertiary/aromatic N) is 2. The minimum absolute atomic E-state index is 0.109. The topological polar surface area (TPSA) is 110 Å². The summed E-state index contributed by atoms with van der Waals surface area (Å²) in [5.74, 6) is 0.909. The van der Waals surface area contributed by atoms with Crippen molar-refractivity contribution in [1.29, 1.82) is 0 Å². The van der Waals surface area contributed by atoms with Gasteiger partial charge < -0.3 is 21.9 Å². The van der Waals surface area contributed by atoms with Gasteiger partial charge in [-0.3, -0.25) is 0 Å². The van der Waals surface area contributed by atoms with Crippen molar-refractivity contribution in [3.8, 4) is 0 Å². The first-order valence-electron chi connectivity index (χ1n) is 4.99. The molecule has 0 saturated heterocycles. The second-order valence-electron chi connectivity index (χ2n) is 3.49. The quantitative estimate of drug-likeness (QED) is 0.641. The van der Waals surface area contributed by atoms with E-state index >= 15 is 0 Å². The van der Waals surface area contributed by atoms with E-state index in [1.807, 2.05) is 16.8 Å². The first kappa shape index (κ1) is 11.6. The lowest BCUT2D eigenvalue weighted by atomic mass is 10.2. The molecule has 0 aromatic carbocycles. The van der Waals surface area contributed by atoms with Gasteiger partial charge in [0.15, 0.2) is 0 Å². The summed E-state index contributed by atoms with van der Waals surface area (Å²) in [4.78, 5) is 7.71. The molecule has 0 amide bonds. The molecule has 6 nitrogen and oxygen atoms in total.